The number of hydrazone groups is 1. The van der Waals surface area contributed by atoms with Gasteiger partial charge in [0.2, 0.25) is 0 Å². The molecule has 0 aliphatic heterocycles. The molecule has 0 saturated carbocycles. The SMILES string of the molecule is CCOc1ccc(C(=O)Oc2ccc(C=NNC(=O)c3[nH]c4c(OC)cccc4c3-c3ccccc3Cl)cc2OC)cc1OCC. The molecule has 46 heavy (non-hydrogen) atoms. The summed E-state index contributed by atoms with van der Waals surface area (Å²) >= 11 is 6.54. The van der Waals surface area contributed by atoms with Crippen LogP contribution in [0.4, 0.5) is 0 Å². The number of carbonyl (C=O) groups excluding carboxylic acids is 2. The van der Waals surface area contributed by atoms with Crippen LogP contribution in [-0.2, 0) is 0 Å². The third kappa shape index (κ3) is 6.77. The lowest BCUT2D eigenvalue weighted by Crippen LogP contribution is -2.19. The van der Waals surface area contributed by atoms with E-state index in [0.29, 0.717) is 63.4 Å². The van der Waals surface area contributed by atoms with E-state index in [9.17, 15) is 9.59 Å². The molecule has 0 aliphatic rings. The van der Waals surface area contributed by atoms with Gasteiger partial charge in [0, 0.05) is 21.5 Å². The van der Waals surface area contributed by atoms with E-state index in [1.54, 1.807) is 55.6 Å². The van der Waals surface area contributed by atoms with E-state index < -0.39 is 11.9 Å². The number of aromatic nitrogens is 1. The first kappa shape index (κ1) is 31.9. The van der Waals surface area contributed by atoms with E-state index >= 15 is 0 Å². The number of esters is 1. The number of amides is 1. The Labute approximate surface area is 270 Å². The Kier molecular flexibility index (Phi) is 10.1. The standard InChI is InChI=1S/C35H32ClN3O7/c1-5-44-26-17-15-22(19-30(26)45-6-2)35(41)46-27-16-14-21(18-29(27)43-4)20-37-39-34(40)33-31(23-10-7-8-12-25(23)36)24-11-9-13-28(42-3)32(24)38-33/h7-20,38H,5-6H2,1-4H3,(H,39,40). The van der Waals surface area contributed by atoms with Crippen molar-refractivity contribution in [2.24, 2.45) is 5.10 Å². The fraction of sp³-hybridized carbons (Fsp3) is 0.171. The van der Waals surface area contributed by atoms with Gasteiger partial charge in [-0.2, -0.15) is 5.10 Å². The van der Waals surface area contributed by atoms with Crippen molar-refractivity contribution in [3.63, 3.8) is 0 Å². The van der Waals surface area contributed by atoms with Crippen LogP contribution in [0.5, 0.6) is 28.7 Å². The molecule has 5 aromatic rings. The summed E-state index contributed by atoms with van der Waals surface area (Å²) in [5, 5.41) is 5.42. The van der Waals surface area contributed by atoms with Gasteiger partial charge >= 0.3 is 5.97 Å². The number of rotatable bonds is 12. The topological polar surface area (TPSA) is 120 Å². The number of halogens is 1. The fourth-order valence-electron chi connectivity index (χ4n) is 4.88. The molecular weight excluding hydrogens is 610 g/mol. The third-order valence-corrected chi connectivity index (χ3v) is 7.26. The fourth-order valence-corrected chi connectivity index (χ4v) is 5.11. The van der Waals surface area contributed by atoms with Crippen LogP contribution in [-0.4, -0.2) is 50.5 Å². The van der Waals surface area contributed by atoms with Crippen molar-refractivity contribution in [2.45, 2.75) is 13.8 Å². The number of carbonyl (C=O) groups is 2. The van der Waals surface area contributed by atoms with Gasteiger partial charge in [0.1, 0.15) is 11.4 Å². The number of para-hydroxylation sites is 1. The van der Waals surface area contributed by atoms with Crippen LogP contribution >= 0.6 is 11.6 Å². The summed E-state index contributed by atoms with van der Waals surface area (Å²) in [6, 6.07) is 22.6. The van der Waals surface area contributed by atoms with Crippen LogP contribution in [0.3, 0.4) is 0 Å². The average molecular weight is 642 g/mol. The number of ether oxygens (including phenoxy) is 5. The summed E-state index contributed by atoms with van der Waals surface area (Å²) in [6.07, 6.45) is 1.45. The van der Waals surface area contributed by atoms with Crippen molar-refractivity contribution in [1.29, 1.82) is 0 Å². The molecule has 1 amide bonds. The zero-order valence-corrected chi connectivity index (χ0v) is 26.4. The number of aromatic amines is 1. The maximum atomic E-state index is 13.4. The van der Waals surface area contributed by atoms with Gasteiger partial charge in [-0.1, -0.05) is 41.9 Å². The second kappa shape index (κ2) is 14.5. The monoisotopic (exact) mass is 641 g/mol. The van der Waals surface area contributed by atoms with Gasteiger partial charge < -0.3 is 28.7 Å². The summed E-state index contributed by atoms with van der Waals surface area (Å²) in [5.41, 5.74) is 5.69. The average Bonchev–Trinajstić information content (AvgIpc) is 3.46. The smallest absolute Gasteiger partial charge is 0.343 e. The van der Waals surface area contributed by atoms with Crippen molar-refractivity contribution in [3.8, 4) is 39.9 Å². The Bertz CT molecular complexity index is 1920. The van der Waals surface area contributed by atoms with Crippen LogP contribution in [0.2, 0.25) is 5.02 Å². The molecule has 0 aliphatic carbocycles. The second-order valence-corrected chi connectivity index (χ2v) is 10.2. The molecule has 236 valence electrons. The van der Waals surface area contributed by atoms with Crippen LogP contribution in [0.25, 0.3) is 22.0 Å². The molecule has 5 rings (SSSR count). The predicted octanol–water partition coefficient (Wildman–Crippen LogP) is 7.29. The number of hydrogen-bond acceptors (Lipinski definition) is 8. The number of hydrogen-bond donors (Lipinski definition) is 2. The summed E-state index contributed by atoms with van der Waals surface area (Å²) < 4.78 is 27.8. The van der Waals surface area contributed by atoms with E-state index in [2.05, 4.69) is 15.5 Å². The lowest BCUT2D eigenvalue weighted by molar-refractivity contribution is 0.0728. The maximum absolute atomic E-state index is 13.4. The molecule has 4 aromatic carbocycles. The van der Waals surface area contributed by atoms with E-state index in [4.69, 9.17) is 35.3 Å². The molecule has 10 nitrogen and oxygen atoms in total. The Balaban J connectivity index is 1.35. The molecule has 0 spiro atoms. The minimum Gasteiger partial charge on any atom is -0.495 e. The maximum Gasteiger partial charge on any atom is 0.343 e. The lowest BCUT2D eigenvalue weighted by Gasteiger charge is -2.13. The van der Waals surface area contributed by atoms with Gasteiger partial charge in [0.05, 0.1) is 44.7 Å². The molecule has 0 unspecified atom stereocenters. The minimum absolute atomic E-state index is 0.205. The number of nitrogens with zero attached hydrogens (tertiary/aromatic N) is 1. The Morgan fingerprint density at radius 3 is 2.30 bits per heavy atom. The van der Waals surface area contributed by atoms with Crippen molar-refractivity contribution < 1.29 is 33.3 Å². The van der Waals surface area contributed by atoms with Crippen LogP contribution in [0.1, 0.15) is 40.3 Å². The molecule has 1 aromatic heterocycles. The van der Waals surface area contributed by atoms with Crippen molar-refractivity contribution in [1.82, 2.24) is 10.4 Å². The summed E-state index contributed by atoms with van der Waals surface area (Å²) in [7, 11) is 3.02. The molecule has 0 saturated heterocycles. The Hall–Kier alpha value is -5.48. The largest absolute Gasteiger partial charge is 0.495 e. The number of methoxy groups -OCH3 is 2. The first-order valence-electron chi connectivity index (χ1n) is 14.4. The first-order valence-corrected chi connectivity index (χ1v) is 14.8. The zero-order valence-electron chi connectivity index (χ0n) is 25.7. The first-order chi connectivity index (χ1) is 22.4. The van der Waals surface area contributed by atoms with Gasteiger partial charge in [-0.15, -0.1) is 0 Å². The van der Waals surface area contributed by atoms with E-state index in [1.807, 2.05) is 44.2 Å². The van der Waals surface area contributed by atoms with E-state index in [1.165, 1.54) is 13.3 Å². The highest BCUT2D eigenvalue weighted by Gasteiger charge is 2.22. The predicted molar refractivity (Wildman–Crippen MR) is 177 cm³/mol. The lowest BCUT2D eigenvalue weighted by atomic mass is 10.0. The normalized spacial score (nSPS) is 11.0. The van der Waals surface area contributed by atoms with Crippen LogP contribution in [0, 0.1) is 0 Å². The van der Waals surface area contributed by atoms with E-state index in [-0.39, 0.29) is 17.0 Å². The number of H-pyrrole nitrogens is 1. The number of benzene rings is 4. The molecule has 11 heteroatoms. The highest BCUT2D eigenvalue weighted by molar-refractivity contribution is 6.34. The molecule has 0 radical (unpaired) electrons. The molecule has 0 atom stereocenters. The second-order valence-electron chi connectivity index (χ2n) is 9.76. The van der Waals surface area contributed by atoms with Crippen LogP contribution in [0.15, 0.2) is 84.0 Å². The molecule has 0 fully saturated rings. The zero-order chi connectivity index (χ0) is 32.6. The molecule has 0 bridgehead atoms. The third-order valence-electron chi connectivity index (χ3n) is 6.93. The molecule has 2 N–H and O–H groups in total. The van der Waals surface area contributed by atoms with Crippen molar-refractivity contribution in [3.05, 3.63) is 101 Å². The van der Waals surface area contributed by atoms with Crippen molar-refractivity contribution in [2.75, 3.05) is 27.4 Å². The van der Waals surface area contributed by atoms with Gasteiger partial charge in [-0.25, -0.2) is 10.2 Å². The Morgan fingerprint density at radius 1 is 0.826 bits per heavy atom. The van der Waals surface area contributed by atoms with Gasteiger partial charge in [-0.3, -0.25) is 4.79 Å². The number of fused-ring (bicyclic) bond motifs is 1. The van der Waals surface area contributed by atoms with Gasteiger partial charge in [0.15, 0.2) is 23.0 Å². The number of nitrogens with one attached hydrogen (secondary N) is 2. The highest BCUT2D eigenvalue weighted by atomic mass is 35.5. The summed E-state index contributed by atoms with van der Waals surface area (Å²) in [4.78, 5) is 29.6. The molecular formula is C35H32ClN3O7. The minimum atomic E-state index is -0.597. The summed E-state index contributed by atoms with van der Waals surface area (Å²) in [6.45, 7) is 4.59. The van der Waals surface area contributed by atoms with Gasteiger partial charge in [-0.05, 0) is 67.9 Å². The Morgan fingerprint density at radius 2 is 1.57 bits per heavy atom. The highest BCUT2D eigenvalue weighted by Crippen LogP contribution is 2.39. The van der Waals surface area contributed by atoms with E-state index in [0.717, 1.165) is 5.39 Å². The molecule has 1 heterocycles. The van der Waals surface area contributed by atoms with Gasteiger partial charge in [0.25, 0.3) is 5.91 Å². The quantitative estimate of drug-likeness (QED) is 0.0635. The van der Waals surface area contributed by atoms with Crippen LogP contribution < -0.4 is 29.1 Å². The summed E-state index contributed by atoms with van der Waals surface area (Å²) in [5.74, 6) is 0.992. The van der Waals surface area contributed by atoms with Crippen molar-refractivity contribution >= 4 is 40.6 Å².